The molecule has 3 aromatic carbocycles. The van der Waals surface area contributed by atoms with Crippen molar-refractivity contribution < 1.29 is 28.7 Å². The van der Waals surface area contributed by atoms with Gasteiger partial charge in [0.2, 0.25) is 0 Å². The summed E-state index contributed by atoms with van der Waals surface area (Å²) in [5.74, 6) is -3.20. The van der Waals surface area contributed by atoms with Gasteiger partial charge in [-0.05, 0) is 48.0 Å². The molecule has 4 amide bonds. The summed E-state index contributed by atoms with van der Waals surface area (Å²) in [4.78, 5) is 62.8. The van der Waals surface area contributed by atoms with Crippen molar-refractivity contribution in [3.8, 4) is 0 Å². The highest BCUT2D eigenvalue weighted by molar-refractivity contribution is 6.30. The van der Waals surface area contributed by atoms with Gasteiger partial charge in [0.15, 0.2) is 6.61 Å². The van der Waals surface area contributed by atoms with Crippen LogP contribution >= 0.6 is 11.6 Å². The molecule has 0 bridgehead atoms. The number of ether oxygens (including phenoxy) is 1. The molecule has 0 spiro atoms. The molecule has 9 nitrogen and oxygen atoms in total. The minimum Gasteiger partial charge on any atom is -0.452 e. The lowest BCUT2D eigenvalue weighted by Crippen LogP contribution is -2.43. The van der Waals surface area contributed by atoms with Gasteiger partial charge in [-0.25, -0.2) is 4.79 Å². The number of nitrogens with zero attached hydrogens (tertiary/aromatic N) is 1. The molecule has 1 heterocycles. The zero-order chi connectivity index (χ0) is 24.9. The Bertz CT molecular complexity index is 1320. The van der Waals surface area contributed by atoms with Crippen LogP contribution in [0.25, 0.3) is 0 Å². The molecule has 0 saturated carbocycles. The predicted octanol–water partition coefficient (Wildman–Crippen LogP) is 2.75. The van der Waals surface area contributed by atoms with Crippen LogP contribution < -0.4 is 10.9 Å². The summed E-state index contributed by atoms with van der Waals surface area (Å²) in [7, 11) is 0. The van der Waals surface area contributed by atoms with Crippen molar-refractivity contribution in [1.82, 2.24) is 15.8 Å². The van der Waals surface area contributed by atoms with E-state index in [1.807, 2.05) is 6.07 Å². The zero-order valence-corrected chi connectivity index (χ0v) is 18.9. The van der Waals surface area contributed by atoms with Gasteiger partial charge in [0.1, 0.15) is 0 Å². The number of esters is 1. The largest absolute Gasteiger partial charge is 0.452 e. The third-order valence-electron chi connectivity index (χ3n) is 5.15. The first kappa shape index (κ1) is 23.7. The topological polar surface area (TPSA) is 122 Å². The fourth-order valence-electron chi connectivity index (χ4n) is 3.38. The molecule has 0 saturated heterocycles. The van der Waals surface area contributed by atoms with Crippen molar-refractivity contribution in [3.05, 3.63) is 106 Å². The lowest BCUT2D eigenvalue weighted by molar-refractivity contribution is -0.125. The first-order valence-corrected chi connectivity index (χ1v) is 10.8. The monoisotopic (exact) mass is 491 g/mol. The molecule has 176 valence electrons. The van der Waals surface area contributed by atoms with Crippen LogP contribution in [0.1, 0.15) is 47.0 Å². The Labute approximate surface area is 204 Å². The van der Waals surface area contributed by atoms with Gasteiger partial charge in [0.05, 0.1) is 23.2 Å². The number of halogens is 1. The number of imide groups is 1. The highest BCUT2D eigenvalue weighted by atomic mass is 35.5. The SMILES string of the molecule is O=C(COC(=O)c1ccc2c(c1)C(=O)N(Cc1ccccc1)C2=O)NNC(=O)c1ccc(Cl)cc1. The Kier molecular flexibility index (Phi) is 6.88. The highest BCUT2D eigenvalue weighted by Gasteiger charge is 2.36. The molecule has 3 aromatic rings. The van der Waals surface area contributed by atoms with E-state index < -0.39 is 36.2 Å². The van der Waals surface area contributed by atoms with Crippen LogP contribution in [0.3, 0.4) is 0 Å². The molecule has 1 aliphatic rings. The molecule has 0 fully saturated rings. The second-order valence-electron chi connectivity index (χ2n) is 7.53. The van der Waals surface area contributed by atoms with E-state index in [1.165, 1.54) is 42.5 Å². The van der Waals surface area contributed by atoms with Crippen molar-refractivity contribution >= 4 is 41.2 Å². The summed E-state index contributed by atoms with van der Waals surface area (Å²) in [5, 5.41) is 0.457. The molecule has 10 heteroatoms. The second kappa shape index (κ2) is 10.2. The smallest absolute Gasteiger partial charge is 0.338 e. The maximum Gasteiger partial charge on any atom is 0.338 e. The summed E-state index contributed by atoms with van der Waals surface area (Å²) < 4.78 is 4.96. The van der Waals surface area contributed by atoms with Crippen LogP contribution in [-0.4, -0.2) is 41.1 Å². The molecule has 0 atom stereocenters. The summed E-state index contributed by atoms with van der Waals surface area (Å²) in [6.07, 6.45) is 0. The number of hydrazine groups is 1. The average molecular weight is 492 g/mol. The number of hydrogen-bond donors (Lipinski definition) is 2. The van der Waals surface area contributed by atoms with Gasteiger partial charge in [-0.3, -0.25) is 34.9 Å². The lowest BCUT2D eigenvalue weighted by atomic mass is 10.1. The van der Waals surface area contributed by atoms with Crippen molar-refractivity contribution in [2.24, 2.45) is 0 Å². The van der Waals surface area contributed by atoms with Crippen LogP contribution in [0, 0.1) is 0 Å². The Morgan fingerprint density at radius 3 is 2.17 bits per heavy atom. The number of carbonyl (C=O) groups excluding carboxylic acids is 5. The molecule has 1 aliphatic heterocycles. The zero-order valence-electron chi connectivity index (χ0n) is 18.1. The standard InChI is InChI=1S/C25H18ClN3O6/c26-18-9-6-16(7-10-18)22(31)28-27-21(30)14-35-25(34)17-8-11-19-20(12-17)24(33)29(23(19)32)13-15-4-2-1-3-5-15/h1-12H,13-14H2,(H,27,30)(H,28,31). The van der Waals surface area contributed by atoms with Crippen LogP contribution in [0.4, 0.5) is 0 Å². The Morgan fingerprint density at radius 1 is 0.800 bits per heavy atom. The molecule has 35 heavy (non-hydrogen) atoms. The maximum atomic E-state index is 12.8. The minimum atomic E-state index is -0.867. The van der Waals surface area contributed by atoms with Gasteiger partial charge < -0.3 is 4.74 Å². The number of carbonyl (C=O) groups is 5. The summed E-state index contributed by atoms with van der Waals surface area (Å²) in [6.45, 7) is -0.571. The van der Waals surface area contributed by atoms with Gasteiger partial charge in [0, 0.05) is 10.6 Å². The number of nitrogens with one attached hydrogen (secondary N) is 2. The number of hydrogen-bond acceptors (Lipinski definition) is 6. The van der Waals surface area contributed by atoms with Gasteiger partial charge in [-0.2, -0.15) is 0 Å². The number of rotatable bonds is 6. The van der Waals surface area contributed by atoms with E-state index in [9.17, 15) is 24.0 Å². The van der Waals surface area contributed by atoms with Crippen LogP contribution in [0.15, 0.2) is 72.8 Å². The van der Waals surface area contributed by atoms with Crippen molar-refractivity contribution in [3.63, 3.8) is 0 Å². The van der Waals surface area contributed by atoms with E-state index in [0.29, 0.717) is 5.02 Å². The normalized spacial score (nSPS) is 12.2. The number of benzene rings is 3. The van der Waals surface area contributed by atoms with Crippen molar-refractivity contribution in [1.29, 1.82) is 0 Å². The number of fused-ring (bicyclic) bond motifs is 1. The molecule has 0 aromatic heterocycles. The third-order valence-corrected chi connectivity index (χ3v) is 5.40. The van der Waals surface area contributed by atoms with Crippen LogP contribution in [0.5, 0.6) is 0 Å². The van der Waals surface area contributed by atoms with Crippen molar-refractivity contribution in [2.45, 2.75) is 6.54 Å². The minimum absolute atomic E-state index is 0.00413. The second-order valence-corrected chi connectivity index (χ2v) is 7.96. The Hall–Kier alpha value is -4.50. The third kappa shape index (κ3) is 5.36. The molecule has 4 rings (SSSR count). The first-order chi connectivity index (χ1) is 16.8. The van der Waals surface area contributed by atoms with Gasteiger partial charge in [0.25, 0.3) is 23.6 Å². The Morgan fingerprint density at radius 2 is 1.46 bits per heavy atom. The molecule has 0 unspecified atom stereocenters. The predicted molar refractivity (Wildman–Crippen MR) is 124 cm³/mol. The summed E-state index contributed by atoms with van der Waals surface area (Å²) >= 11 is 5.76. The lowest BCUT2D eigenvalue weighted by Gasteiger charge is -2.13. The molecule has 0 radical (unpaired) electrons. The van der Waals surface area contributed by atoms with Crippen LogP contribution in [0.2, 0.25) is 5.02 Å². The van der Waals surface area contributed by atoms with Gasteiger partial charge in [-0.15, -0.1) is 0 Å². The molecule has 2 N–H and O–H groups in total. The summed E-state index contributed by atoms with van der Waals surface area (Å²) in [5.41, 5.74) is 5.65. The van der Waals surface area contributed by atoms with Crippen molar-refractivity contribution in [2.75, 3.05) is 6.61 Å². The van der Waals surface area contributed by atoms with E-state index in [2.05, 4.69) is 10.9 Å². The molecule has 0 aliphatic carbocycles. The maximum absolute atomic E-state index is 12.8. The van der Waals surface area contributed by atoms with E-state index in [-0.39, 0.29) is 28.8 Å². The molecular formula is C25H18ClN3O6. The fourth-order valence-corrected chi connectivity index (χ4v) is 3.50. The van der Waals surface area contributed by atoms with E-state index in [4.69, 9.17) is 16.3 Å². The van der Waals surface area contributed by atoms with E-state index in [1.54, 1.807) is 24.3 Å². The first-order valence-electron chi connectivity index (χ1n) is 10.4. The van der Waals surface area contributed by atoms with Gasteiger partial charge >= 0.3 is 5.97 Å². The quantitative estimate of drug-likeness (QED) is 0.310. The molecular weight excluding hydrogens is 474 g/mol. The van der Waals surface area contributed by atoms with E-state index >= 15 is 0 Å². The number of amides is 4. The summed E-state index contributed by atoms with van der Waals surface area (Å²) in [6, 6.07) is 19.0. The van der Waals surface area contributed by atoms with E-state index in [0.717, 1.165) is 10.5 Å². The fraction of sp³-hybridized carbons (Fsp3) is 0.0800. The van der Waals surface area contributed by atoms with Gasteiger partial charge in [-0.1, -0.05) is 41.9 Å². The van der Waals surface area contributed by atoms with Crippen LogP contribution in [-0.2, 0) is 16.1 Å². The Balaban J connectivity index is 1.33. The average Bonchev–Trinajstić information content (AvgIpc) is 3.11. The highest BCUT2D eigenvalue weighted by Crippen LogP contribution is 2.26.